The van der Waals surface area contributed by atoms with Crippen molar-refractivity contribution in [1.82, 2.24) is 0 Å². The van der Waals surface area contributed by atoms with E-state index in [0.29, 0.717) is 19.1 Å². The number of hydrogen-bond donors (Lipinski definition) is 1. The van der Waals surface area contributed by atoms with Gasteiger partial charge in [0.25, 0.3) is 5.69 Å². The van der Waals surface area contributed by atoms with E-state index in [1.807, 2.05) is 0 Å². The number of hydrogen-bond acceptors (Lipinski definition) is 4. The molecule has 1 rings (SSSR count). The molecule has 0 heterocycles. The second-order valence-electron chi connectivity index (χ2n) is 4.64. The van der Waals surface area contributed by atoms with E-state index in [1.54, 1.807) is 12.1 Å². The largest absolute Gasteiger partial charge is 0.382 e. The highest BCUT2D eigenvalue weighted by Gasteiger charge is 2.08. The predicted octanol–water partition coefficient (Wildman–Crippen LogP) is 3.67. The van der Waals surface area contributed by atoms with Crippen molar-refractivity contribution >= 4 is 34.0 Å². The van der Waals surface area contributed by atoms with E-state index in [-0.39, 0.29) is 10.6 Å². The summed E-state index contributed by atoms with van der Waals surface area (Å²) in [7, 11) is 0. The molecule has 1 aromatic carbocycles. The molecule has 0 atom stereocenters. The molecule has 5 nitrogen and oxygen atoms in total. The summed E-state index contributed by atoms with van der Waals surface area (Å²) in [5, 5.41) is 13.8. The number of nitro groups is 1. The first kappa shape index (κ1) is 16.2. The maximum atomic E-state index is 10.6. The fourth-order valence-corrected chi connectivity index (χ4v) is 2.13. The number of ether oxygens (including phenoxy) is 1. The lowest BCUT2D eigenvalue weighted by molar-refractivity contribution is -0.384. The fourth-order valence-electron chi connectivity index (χ4n) is 1.44. The van der Waals surface area contributed by atoms with Gasteiger partial charge in [0.1, 0.15) is 0 Å². The van der Waals surface area contributed by atoms with Crippen molar-refractivity contribution in [3.8, 4) is 0 Å². The van der Waals surface area contributed by atoms with Crippen molar-refractivity contribution in [2.45, 2.75) is 20.3 Å². The Hall–Kier alpha value is -0.890. The van der Waals surface area contributed by atoms with E-state index in [9.17, 15) is 10.1 Å². The maximum absolute atomic E-state index is 10.6. The van der Waals surface area contributed by atoms with Crippen LogP contribution in [0.25, 0.3) is 0 Å². The summed E-state index contributed by atoms with van der Waals surface area (Å²) in [6.07, 6.45) is 1.06. The molecule has 0 bridgehead atoms. The van der Waals surface area contributed by atoms with E-state index in [0.717, 1.165) is 22.3 Å². The van der Waals surface area contributed by atoms with Gasteiger partial charge in [-0.3, -0.25) is 10.1 Å². The molecular formula is C13H19IN2O3. The van der Waals surface area contributed by atoms with Crippen LogP contribution in [0, 0.1) is 19.6 Å². The summed E-state index contributed by atoms with van der Waals surface area (Å²) in [6.45, 7) is 6.45. The van der Waals surface area contributed by atoms with Gasteiger partial charge in [-0.25, -0.2) is 0 Å². The summed E-state index contributed by atoms with van der Waals surface area (Å²) in [6, 6.07) is 4.79. The highest BCUT2D eigenvalue weighted by atomic mass is 127. The number of halogens is 1. The molecule has 0 aliphatic carbocycles. The van der Waals surface area contributed by atoms with Crippen LogP contribution in [0.5, 0.6) is 0 Å². The standard InChI is InChI=1S/C13H19IN2O3/c1-10(2)5-7-19-8-6-15-13-4-3-11(16(17)18)9-12(13)14/h3-4,9-10,15H,5-8H2,1-2H3. The van der Waals surface area contributed by atoms with Crippen molar-refractivity contribution < 1.29 is 9.66 Å². The predicted molar refractivity (Wildman–Crippen MR) is 84.6 cm³/mol. The third kappa shape index (κ3) is 6.20. The van der Waals surface area contributed by atoms with Crippen LogP contribution in [-0.2, 0) is 4.74 Å². The molecule has 0 spiro atoms. The van der Waals surface area contributed by atoms with Gasteiger partial charge in [-0.2, -0.15) is 0 Å². The van der Waals surface area contributed by atoms with Gasteiger partial charge in [0.05, 0.1) is 11.5 Å². The zero-order chi connectivity index (χ0) is 14.3. The number of rotatable bonds is 8. The Kier molecular flexibility index (Phi) is 7.07. The summed E-state index contributed by atoms with van der Waals surface area (Å²) in [5.41, 5.74) is 1.02. The molecule has 0 aromatic heterocycles. The number of nitrogens with one attached hydrogen (secondary N) is 1. The van der Waals surface area contributed by atoms with E-state index >= 15 is 0 Å². The van der Waals surface area contributed by atoms with E-state index in [4.69, 9.17) is 4.74 Å². The monoisotopic (exact) mass is 378 g/mol. The van der Waals surface area contributed by atoms with Crippen LogP contribution in [0.1, 0.15) is 20.3 Å². The minimum absolute atomic E-state index is 0.114. The van der Waals surface area contributed by atoms with Gasteiger partial charge < -0.3 is 10.1 Å². The lowest BCUT2D eigenvalue weighted by Gasteiger charge is -2.09. The normalized spacial score (nSPS) is 10.7. The first-order valence-corrected chi connectivity index (χ1v) is 7.34. The van der Waals surface area contributed by atoms with Crippen molar-refractivity contribution in [3.05, 3.63) is 31.9 Å². The number of nitro benzene ring substituents is 1. The zero-order valence-electron chi connectivity index (χ0n) is 11.2. The summed E-state index contributed by atoms with van der Waals surface area (Å²) in [5.74, 6) is 0.656. The molecule has 0 saturated heterocycles. The number of non-ortho nitro benzene ring substituents is 1. The Labute approximate surface area is 127 Å². The van der Waals surface area contributed by atoms with Gasteiger partial charge in [-0.1, -0.05) is 13.8 Å². The lowest BCUT2D eigenvalue weighted by atomic mass is 10.1. The summed E-state index contributed by atoms with van der Waals surface area (Å²) in [4.78, 5) is 10.2. The van der Waals surface area contributed by atoms with Gasteiger partial charge in [0, 0.05) is 34.5 Å². The molecule has 0 aliphatic rings. The average molecular weight is 378 g/mol. The van der Waals surface area contributed by atoms with Crippen molar-refractivity contribution in [2.75, 3.05) is 25.1 Å². The third-order valence-corrected chi connectivity index (χ3v) is 3.46. The Morgan fingerprint density at radius 2 is 2.16 bits per heavy atom. The number of anilines is 1. The number of nitrogens with zero attached hydrogens (tertiary/aromatic N) is 1. The molecule has 1 N–H and O–H groups in total. The lowest BCUT2D eigenvalue weighted by Crippen LogP contribution is -2.11. The fraction of sp³-hybridized carbons (Fsp3) is 0.538. The molecule has 0 unspecified atom stereocenters. The average Bonchev–Trinajstić information content (AvgIpc) is 2.34. The van der Waals surface area contributed by atoms with E-state index < -0.39 is 0 Å². The molecule has 106 valence electrons. The topological polar surface area (TPSA) is 64.4 Å². The van der Waals surface area contributed by atoms with Crippen LogP contribution in [-0.4, -0.2) is 24.7 Å². The second kappa shape index (κ2) is 8.31. The van der Waals surface area contributed by atoms with Crippen LogP contribution < -0.4 is 5.32 Å². The van der Waals surface area contributed by atoms with Crippen LogP contribution in [0.15, 0.2) is 18.2 Å². The third-order valence-electron chi connectivity index (χ3n) is 2.56. The van der Waals surface area contributed by atoms with Gasteiger partial charge in [-0.05, 0) is 41.0 Å². The minimum Gasteiger partial charge on any atom is -0.382 e. The van der Waals surface area contributed by atoms with Gasteiger partial charge in [0.2, 0.25) is 0 Å². The minimum atomic E-state index is -0.388. The Morgan fingerprint density at radius 3 is 2.74 bits per heavy atom. The quantitative estimate of drug-likeness (QED) is 0.325. The van der Waals surface area contributed by atoms with Gasteiger partial charge >= 0.3 is 0 Å². The molecule has 0 fully saturated rings. The summed E-state index contributed by atoms with van der Waals surface area (Å²) < 4.78 is 6.34. The molecule has 0 saturated carbocycles. The van der Waals surface area contributed by atoms with Crippen molar-refractivity contribution in [1.29, 1.82) is 0 Å². The molecular weight excluding hydrogens is 359 g/mol. The molecule has 1 aromatic rings. The van der Waals surface area contributed by atoms with Crippen LogP contribution in [0.3, 0.4) is 0 Å². The van der Waals surface area contributed by atoms with E-state index in [2.05, 4.69) is 41.8 Å². The molecule has 0 aliphatic heterocycles. The zero-order valence-corrected chi connectivity index (χ0v) is 13.3. The Morgan fingerprint density at radius 1 is 1.42 bits per heavy atom. The van der Waals surface area contributed by atoms with Gasteiger partial charge in [-0.15, -0.1) is 0 Å². The smallest absolute Gasteiger partial charge is 0.270 e. The highest BCUT2D eigenvalue weighted by Crippen LogP contribution is 2.23. The Balaban J connectivity index is 2.32. The molecule has 6 heteroatoms. The maximum Gasteiger partial charge on any atom is 0.270 e. The second-order valence-corrected chi connectivity index (χ2v) is 5.81. The van der Waals surface area contributed by atoms with Crippen LogP contribution in [0.2, 0.25) is 0 Å². The highest BCUT2D eigenvalue weighted by molar-refractivity contribution is 14.1. The van der Waals surface area contributed by atoms with E-state index in [1.165, 1.54) is 6.07 Å². The van der Waals surface area contributed by atoms with Crippen LogP contribution >= 0.6 is 22.6 Å². The molecule has 19 heavy (non-hydrogen) atoms. The first-order chi connectivity index (χ1) is 9.00. The summed E-state index contributed by atoms with van der Waals surface area (Å²) >= 11 is 2.09. The van der Waals surface area contributed by atoms with Crippen molar-refractivity contribution in [3.63, 3.8) is 0 Å². The van der Waals surface area contributed by atoms with Crippen molar-refractivity contribution in [2.24, 2.45) is 5.92 Å². The molecule has 0 radical (unpaired) electrons. The number of benzene rings is 1. The van der Waals surface area contributed by atoms with Crippen LogP contribution in [0.4, 0.5) is 11.4 Å². The molecule has 0 amide bonds. The SMILES string of the molecule is CC(C)CCOCCNc1ccc([N+](=O)[O-])cc1I. The van der Waals surface area contributed by atoms with Gasteiger partial charge in [0.15, 0.2) is 0 Å². The first-order valence-electron chi connectivity index (χ1n) is 6.26. The Bertz CT molecular complexity index is 424.